The fourth-order valence-electron chi connectivity index (χ4n) is 0.136. The van der Waals surface area contributed by atoms with Crippen molar-refractivity contribution in [3.8, 4) is 0 Å². The Morgan fingerprint density at radius 2 is 2.00 bits per heavy atom. The molecule has 4 heteroatoms. The molecule has 0 saturated heterocycles. The molecule has 0 radical (unpaired) electrons. The summed E-state index contributed by atoms with van der Waals surface area (Å²) in [6.07, 6.45) is 2.38. The van der Waals surface area contributed by atoms with Gasteiger partial charge in [0.2, 0.25) is 0 Å². The van der Waals surface area contributed by atoms with E-state index in [1.54, 1.807) is 6.92 Å². The summed E-state index contributed by atoms with van der Waals surface area (Å²) in [5.74, 6) is -1.14. The van der Waals surface area contributed by atoms with Crippen molar-refractivity contribution >= 4 is 5.97 Å². The largest absolute Gasteiger partial charge is 1.00 e. The van der Waals surface area contributed by atoms with Crippen molar-refractivity contribution in [2.24, 2.45) is 0 Å². The minimum absolute atomic E-state index is 0. The van der Waals surface area contributed by atoms with Gasteiger partial charge < -0.3 is 15.4 Å². The Morgan fingerprint density at radius 3 is 2.00 bits per heavy atom. The van der Waals surface area contributed by atoms with E-state index >= 15 is 0 Å². The molecule has 8 heavy (non-hydrogen) atoms. The number of carboxylic acid groups (broad SMARTS) is 1. The summed E-state index contributed by atoms with van der Waals surface area (Å²) in [6, 6.07) is 0. The van der Waals surface area contributed by atoms with Crippen LogP contribution in [0.15, 0.2) is 12.2 Å². The van der Waals surface area contributed by atoms with Gasteiger partial charge in [-0.1, -0.05) is 6.08 Å². The van der Waals surface area contributed by atoms with Gasteiger partial charge >= 0.3 is 29.6 Å². The monoisotopic (exact) mass is 126 g/mol. The first-order chi connectivity index (χ1) is 2.77. The first-order valence-corrected chi connectivity index (χ1v) is 1.61. The summed E-state index contributed by atoms with van der Waals surface area (Å²) < 4.78 is 0. The molecule has 0 aliphatic carbocycles. The Labute approximate surface area is 70.0 Å². The Kier molecular flexibility index (Phi) is 20.1. The van der Waals surface area contributed by atoms with Crippen LogP contribution in [0.5, 0.6) is 0 Å². The topological polar surface area (TPSA) is 71.6 Å². The van der Waals surface area contributed by atoms with E-state index in [1.165, 1.54) is 6.08 Å². The molecule has 0 fully saturated rings. The van der Waals surface area contributed by atoms with E-state index in [1.807, 2.05) is 0 Å². The Morgan fingerprint density at radius 1 is 1.62 bits per heavy atom. The van der Waals surface area contributed by atoms with E-state index in [0.717, 1.165) is 6.08 Å². The fourth-order valence-corrected chi connectivity index (χ4v) is 0.136. The first-order valence-electron chi connectivity index (χ1n) is 1.61. The van der Waals surface area contributed by atoms with E-state index in [4.69, 9.17) is 0 Å². The molecule has 42 valence electrons. The number of hydrogen-bond acceptors (Lipinski definition) is 2. The number of carboxylic acids is 1. The zero-order valence-corrected chi connectivity index (χ0v) is 6.97. The van der Waals surface area contributed by atoms with E-state index in [0.29, 0.717) is 0 Å². The van der Waals surface area contributed by atoms with E-state index in [-0.39, 0.29) is 35.0 Å². The summed E-state index contributed by atoms with van der Waals surface area (Å²) in [7, 11) is 0. The molecule has 0 aromatic carbocycles. The number of hydrogen-bond donors (Lipinski definition) is 0. The third-order valence-electron chi connectivity index (χ3n) is 0.303. The molecule has 0 spiro atoms. The maximum atomic E-state index is 9.40. The van der Waals surface area contributed by atoms with Gasteiger partial charge in [-0.15, -0.1) is 0 Å². The number of rotatable bonds is 1. The van der Waals surface area contributed by atoms with Gasteiger partial charge in [0, 0.05) is 0 Å². The van der Waals surface area contributed by atoms with Crippen LogP contribution in [-0.2, 0) is 4.79 Å². The second-order valence-electron chi connectivity index (χ2n) is 0.819. The third-order valence-corrected chi connectivity index (χ3v) is 0.303. The quantitative estimate of drug-likeness (QED) is 0.262. The Balaban J connectivity index is -0.000000125. The van der Waals surface area contributed by atoms with Crippen LogP contribution in [0.1, 0.15) is 6.92 Å². The Hall–Kier alpha value is 0.170. The molecule has 3 nitrogen and oxygen atoms in total. The van der Waals surface area contributed by atoms with Crippen molar-refractivity contribution in [3.63, 3.8) is 0 Å². The van der Waals surface area contributed by atoms with E-state index in [9.17, 15) is 9.90 Å². The van der Waals surface area contributed by atoms with Gasteiger partial charge in [0.15, 0.2) is 0 Å². The van der Waals surface area contributed by atoms with Crippen LogP contribution >= 0.6 is 0 Å². The zero-order valence-electron chi connectivity index (χ0n) is 4.97. The van der Waals surface area contributed by atoms with Crippen LogP contribution in [0.25, 0.3) is 0 Å². The molecule has 0 amide bonds. The fraction of sp³-hybridized carbons (Fsp3) is 0.250. The maximum Gasteiger partial charge on any atom is 1.00 e. The number of aliphatic carboxylic acids is 1. The second-order valence-corrected chi connectivity index (χ2v) is 0.819. The van der Waals surface area contributed by atoms with Gasteiger partial charge in [-0.25, -0.2) is 0 Å². The van der Waals surface area contributed by atoms with Crippen LogP contribution < -0.4 is 34.7 Å². The Bertz CT molecular complexity index is 79.4. The molecule has 0 atom stereocenters. The van der Waals surface area contributed by atoms with E-state index < -0.39 is 5.97 Å². The summed E-state index contributed by atoms with van der Waals surface area (Å²) in [4.78, 5) is 9.40. The van der Waals surface area contributed by atoms with Crippen molar-refractivity contribution in [1.82, 2.24) is 0 Å². The van der Waals surface area contributed by atoms with Crippen molar-refractivity contribution in [1.29, 1.82) is 0 Å². The molecule has 0 aliphatic heterocycles. The summed E-state index contributed by atoms with van der Waals surface area (Å²) in [6.45, 7) is 1.62. The van der Waals surface area contributed by atoms with Gasteiger partial charge in [-0.3, -0.25) is 0 Å². The third kappa shape index (κ3) is 16.4. The smallest absolute Gasteiger partial charge is 0.545 e. The molecule has 0 aliphatic rings. The normalized spacial score (nSPS) is 7.12. The minimum Gasteiger partial charge on any atom is -0.545 e. The molecular formula is C4H7NaO3. The molecule has 0 bridgehead atoms. The van der Waals surface area contributed by atoms with Crippen LogP contribution in [0.4, 0.5) is 0 Å². The molecule has 0 aromatic rings. The average Bonchev–Trinajstić information content (AvgIpc) is 1.35. The van der Waals surface area contributed by atoms with Gasteiger partial charge in [-0.2, -0.15) is 0 Å². The summed E-state index contributed by atoms with van der Waals surface area (Å²) >= 11 is 0. The van der Waals surface area contributed by atoms with Crippen molar-refractivity contribution in [2.45, 2.75) is 6.92 Å². The standard InChI is InChI=1S/C4H6O2.Na.H2O/c1-2-3-4(5)6;;/h2-3H,1H3,(H,5,6);;1H2/q;+1;/p-1. The van der Waals surface area contributed by atoms with Crippen molar-refractivity contribution in [2.75, 3.05) is 0 Å². The van der Waals surface area contributed by atoms with Crippen LogP contribution in [0.2, 0.25) is 0 Å². The maximum absolute atomic E-state index is 9.40. The molecule has 0 rings (SSSR count). The van der Waals surface area contributed by atoms with Gasteiger partial charge in [-0.05, 0) is 13.0 Å². The molecule has 0 heterocycles. The van der Waals surface area contributed by atoms with Gasteiger partial charge in [0.05, 0.1) is 5.97 Å². The molecule has 0 aromatic heterocycles. The molecule has 2 N–H and O–H groups in total. The van der Waals surface area contributed by atoms with Gasteiger partial charge in [0.25, 0.3) is 0 Å². The summed E-state index contributed by atoms with van der Waals surface area (Å²) in [5, 5.41) is 9.40. The van der Waals surface area contributed by atoms with Crippen LogP contribution in [0.3, 0.4) is 0 Å². The first kappa shape index (κ1) is 15.7. The van der Waals surface area contributed by atoms with Crippen LogP contribution in [0, 0.1) is 0 Å². The molecule has 0 saturated carbocycles. The number of allylic oxidation sites excluding steroid dienone is 1. The second kappa shape index (κ2) is 10.2. The number of carbonyl (C=O) groups excluding carboxylic acids is 1. The van der Waals surface area contributed by atoms with Gasteiger partial charge in [0.1, 0.15) is 0 Å². The SMILES string of the molecule is CC=CC(=O)[O-].O.[Na+]. The predicted molar refractivity (Wildman–Crippen MR) is 23.4 cm³/mol. The van der Waals surface area contributed by atoms with Crippen molar-refractivity contribution in [3.05, 3.63) is 12.2 Å². The average molecular weight is 126 g/mol. The zero-order chi connectivity index (χ0) is 4.99. The summed E-state index contributed by atoms with van der Waals surface area (Å²) in [5.41, 5.74) is 0. The minimum atomic E-state index is -1.14. The molecule has 0 unspecified atom stereocenters. The molecular weight excluding hydrogens is 119 g/mol. The van der Waals surface area contributed by atoms with E-state index in [2.05, 4.69) is 0 Å². The van der Waals surface area contributed by atoms with Crippen LogP contribution in [-0.4, -0.2) is 11.4 Å². The predicted octanol–water partition coefficient (Wildman–Crippen LogP) is -4.51. The van der Waals surface area contributed by atoms with Crippen molar-refractivity contribution < 1.29 is 44.9 Å². The number of carbonyl (C=O) groups is 1.